The highest BCUT2D eigenvalue weighted by Gasteiger charge is 2.07. The fraction of sp³-hybridized carbons (Fsp3) is 0.111. The first-order valence-corrected chi connectivity index (χ1v) is 8.01. The minimum atomic E-state index is -0.777. The molecule has 0 radical (unpaired) electrons. The lowest BCUT2D eigenvalue weighted by atomic mass is 10.2. The van der Waals surface area contributed by atoms with Gasteiger partial charge >= 0.3 is 5.97 Å². The molecule has 0 atom stereocenters. The molecule has 0 aliphatic carbocycles. The number of amides is 1. The summed E-state index contributed by atoms with van der Waals surface area (Å²) in [5.41, 5.74) is 0.937. The maximum atomic E-state index is 13.5. The molecule has 2 aromatic rings. The molecule has 0 aliphatic heterocycles. The highest BCUT2D eigenvalue weighted by atomic mass is 35.5. The summed E-state index contributed by atoms with van der Waals surface area (Å²) in [6, 6.07) is 11.1. The SMILES string of the molecule is O=C(COC(=O)/C=C/c1c(F)cccc1Cl)NCc1ccc(Cl)cc1. The van der Waals surface area contributed by atoms with Crippen LogP contribution in [0.5, 0.6) is 0 Å². The van der Waals surface area contributed by atoms with Gasteiger partial charge in [-0.2, -0.15) is 0 Å². The molecule has 0 heterocycles. The van der Waals surface area contributed by atoms with E-state index in [-0.39, 0.29) is 17.1 Å². The minimum absolute atomic E-state index is 0.0771. The van der Waals surface area contributed by atoms with Crippen LogP contribution >= 0.6 is 23.2 Å². The molecule has 2 aromatic carbocycles. The van der Waals surface area contributed by atoms with Crippen LogP contribution in [-0.4, -0.2) is 18.5 Å². The summed E-state index contributed by atoms with van der Waals surface area (Å²) >= 11 is 11.6. The van der Waals surface area contributed by atoms with Crippen LogP contribution < -0.4 is 5.32 Å². The van der Waals surface area contributed by atoms with Crippen molar-refractivity contribution in [3.63, 3.8) is 0 Å². The van der Waals surface area contributed by atoms with Gasteiger partial charge in [-0.1, -0.05) is 41.4 Å². The Morgan fingerprint density at radius 2 is 1.84 bits per heavy atom. The Labute approximate surface area is 154 Å². The first kappa shape index (κ1) is 19.0. The molecule has 25 heavy (non-hydrogen) atoms. The van der Waals surface area contributed by atoms with E-state index < -0.39 is 24.3 Å². The molecular formula is C18H14Cl2FNO3. The Morgan fingerprint density at radius 3 is 2.52 bits per heavy atom. The van der Waals surface area contributed by atoms with Crippen LogP contribution in [0, 0.1) is 5.82 Å². The molecule has 1 amide bonds. The van der Waals surface area contributed by atoms with Gasteiger partial charge in [0, 0.05) is 23.2 Å². The monoisotopic (exact) mass is 381 g/mol. The summed E-state index contributed by atoms with van der Waals surface area (Å²) in [4.78, 5) is 23.2. The van der Waals surface area contributed by atoms with Gasteiger partial charge in [0.2, 0.25) is 0 Å². The molecule has 130 valence electrons. The molecule has 0 fully saturated rings. The predicted molar refractivity (Wildman–Crippen MR) is 94.7 cm³/mol. The average molecular weight is 382 g/mol. The van der Waals surface area contributed by atoms with E-state index >= 15 is 0 Å². The zero-order valence-corrected chi connectivity index (χ0v) is 14.5. The van der Waals surface area contributed by atoms with Crippen LogP contribution in [0.1, 0.15) is 11.1 Å². The summed E-state index contributed by atoms with van der Waals surface area (Å²) < 4.78 is 18.3. The number of nitrogens with one attached hydrogen (secondary N) is 1. The van der Waals surface area contributed by atoms with Crippen molar-refractivity contribution in [2.24, 2.45) is 0 Å². The topological polar surface area (TPSA) is 55.4 Å². The summed E-state index contributed by atoms with van der Waals surface area (Å²) in [6.07, 6.45) is 2.21. The minimum Gasteiger partial charge on any atom is -0.452 e. The molecule has 0 saturated heterocycles. The second-order valence-corrected chi connectivity index (χ2v) is 5.82. The normalized spacial score (nSPS) is 10.7. The van der Waals surface area contributed by atoms with E-state index in [2.05, 4.69) is 5.32 Å². The van der Waals surface area contributed by atoms with Crippen molar-refractivity contribution in [2.45, 2.75) is 6.54 Å². The number of carbonyl (C=O) groups excluding carboxylic acids is 2. The van der Waals surface area contributed by atoms with Crippen molar-refractivity contribution < 1.29 is 18.7 Å². The van der Waals surface area contributed by atoms with Crippen LogP contribution in [0.4, 0.5) is 4.39 Å². The van der Waals surface area contributed by atoms with Crippen molar-refractivity contribution in [1.29, 1.82) is 0 Å². The van der Waals surface area contributed by atoms with Crippen LogP contribution in [0.3, 0.4) is 0 Å². The molecule has 1 N–H and O–H groups in total. The third-order valence-corrected chi connectivity index (χ3v) is 3.72. The van der Waals surface area contributed by atoms with E-state index in [9.17, 15) is 14.0 Å². The maximum absolute atomic E-state index is 13.5. The second-order valence-electron chi connectivity index (χ2n) is 4.98. The van der Waals surface area contributed by atoms with Gasteiger partial charge in [-0.05, 0) is 35.9 Å². The molecule has 0 spiro atoms. The molecule has 0 saturated carbocycles. The molecule has 7 heteroatoms. The third-order valence-electron chi connectivity index (χ3n) is 3.13. The number of ether oxygens (including phenoxy) is 1. The number of hydrogen-bond acceptors (Lipinski definition) is 3. The fourth-order valence-electron chi connectivity index (χ4n) is 1.86. The maximum Gasteiger partial charge on any atom is 0.331 e. The Bertz CT molecular complexity index is 771. The van der Waals surface area contributed by atoms with Gasteiger partial charge in [-0.15, -0.1) is 0 Å². The highest BCUT2D eigenvalue weighted by Crippen LogP contribution is 2.20. The molecule has 2 rings (SSSR count). The molecule has 0 aromatic heterocycles. The first-order chi connectivity index (χ1) is 12.0. The standard InChI is InChI=1S/C18H14Cl2FNO3/c19-13-6-4-12(5-7-13)10-22-17(23)11-25-18(24)9-8-14-15(20)2-1-3-16(14)21/h1-9H,10-11H2,(H,22,23)/b9-8+. The highest BCUT2D eigenvalue weighted by molar-refractivity contribution is 6.32. The quantitative estimate of drug-likeness (QED) is 0.607. The van der Waals surface area contributed by atoms with Gasteiger partial charge in [-0.25, -0.2) is 9.18 Å². The molecule has 0 unspecified atom stereocenters. The Kier molecular flexibility index (Phi) is 6.98. The number of carbonyl (C=O) groups is 2. The van der Waals surface area contributed by atoms with Crippen molar-refractivity contribution in [1.82, 2.24) is 5.32 Å². The van der Waals surface area contributed by atoms with E-state index in [1.807, 2.05) is 0 Å². The van der Waals surface area contributed by atoms with Crippen molar-refractivity contribution in [3.8, 4) is 0 Å². The Morgan fingerprint density at radius 1 is 1.12 bits per heavy atom. The Hall–Kier alpha value is -2.37. The van der Waals surface area contributed by atoms with Gasteiger partial charge in [0.05, 0.1) is 5.02 Å². The number of benzene rings is 2. The Balaban J connectivity index is 1.78. The third kappa shape index (κ3) is 6.21. The summed E-state index contributed by atoms with van der Waals surface area (Å²) in [5, 5.41) is 3.37. The van der Waals surface area contributed by atoms with Gasteiger partial charge in [0.25, 0.3) is 5.91 Å². The number of rotatable bonds is 6. The van der Waals surface area contributed by atoms with Crippen LogP contribution in [-0.2, 0) is 20.9 Å². The smallest absolute Gasteiger partial charge is 0.331 e. The molecule has 0 bridgehead atoms. The largest absolute Gasteiger partial charge is 0.452 e. The average Bonchev–Trinajstić information content (AvgIpc) is 2.59. The number of esters is 1. The van der Waals surface area contributed by atoms with Gasteiger partial charge in [0.1, 0.15) is 5.82 Å². The second kappa shape index (κ2) is 9.20. The summed E-state index contributed by atoms with van der Waals surface area (Å²) in [5.74, 6) is -1.79. The lowest BCUT2D eigenvalue weighted by molar-refractivity contribution is -0.143. The van der Waals surface area contributed by atoms with Crippen molar-refractivity contribution >= 4 is 41.2 Å². The number of halogens is 3. The fourth-order valence-corrected chi connectivity index (χ4v) is 2.21. The van der Waals surface area contributed by atoms with Gasteiger partial charge < -0.3 is 10.1 Å². The predicted octanol–water partition coefficient (Wildman–Crippen LogP) is 4.01. The van der Waals surface area contributed by atoms with Crippen LogP contribution in [0.15, 0.2) is 48.5 Å². The van der Waals surface area contributed by atoms with Gasteiger partial charge in [-0.3, -0.25) is 4.79 Å². The van der Waals surface area contributed by atoms with E-state index in [1.54, 1.807) is 24.3 Å². The van der Waals surface area contributed by atoms with Crippen molar-refractivity contribution in [3.05, 3.63) is 75.5 Å². The van der Waals surface area contributed by atoms with E-state index in [0.717, 1.165) is 11.6 Å². The van der Waals surface area contributed by atoms with Gasteiger partial charge in [0.15, 0.2) is 6.61 Å². The first-order valence-electron chi connectivity index (χ1n) is 7.25. The zero-order chi connectivity index (χ0) is 18.2. The molecular weight excluding hydrogens is 368 g/mol. The van der Waals surface area contributed by atoms with E-state index in [0.29, 0.717) is 5.02 Å². The lowest BCUT2D eigenvalue weighted by Crippen LogP contribution is -2.28. The van der Waals surface area contributed by atoms with E-state index in [1.165, 1.54) is 24.3 Å². The molecule has 0 aliphatic rings. The van der Waals surface area contributed by atoms with Crippen molar-refractivity contribution in [2.75, 3.05) is 6.61 Å². The molecule has 4 nitrogen and oxygen atoms in total. The summed E-state index contributed by atoms with van der Waals surface area (Å²) in [7, 11) is 0. The van der Waals surface area contributed by atoms with Crippen LogP contribution in [0.2, 0.25) is 10.0 Å². The summed E-state index contributed by atoms with van der Waals surface area (Å²) in [6.45, 7) is -0.157. The lowest BCUT2D eigenvalue weighted by Gasteiger charge is -2.06. The number of hydrogen-bond donors (Lipinski definition) is 1. The van der Waals surface area contributed by atoms with Crippen LogP contribution in [0.25, 0.3) is 6.08 Å². The zero-order valence-electron chi connectivity index (χ0n) is 13.0. The van der Waals surface area contributed by atoms with E-state index in [4.69, 9.17) is 27.9 Å².